The van der Waals surface area contributed by atoms with E-state index in [0.717, 1.165) is 5.69 Å². The zero-order valence-electron chi connectivity index (χ0n) is 11.0. The first-order valence-corrected chi connectivity index (χ1v) is 5.98. The molecule has 0 unspecified atom stereocenters. The van der Waals surface area contributed by atoms with Gasteiger partial charge in [0.1, 0.15) is 0 Å². The summed E-state index contributed by atoms with van der Waals surface area (Å²) in [6.07, 6.45) is 1.26. The van der Waals surface area contributed by atoms with Crippen molar-refractivity contribution in [2.75, 3.05) is 18.5 Å². The first-order chi connectivity index (χ1) is 9.19. The molecule has 0 fully saturated rings. The van der Waals surface area contributed by atoms with E-state index in [-0.39, 0.29) is 0 Å². The standard InChI is InChI=1S/C14H16N2O3/c1-3-18-13(9-14(17)19-4-2)16-12-7-5-11(10-15)6-8-12/h5-9,16H,3-4H2,1-2H3/b13-9+. The maximum absolute atomic E-state index is 11.4. The lowest BCUT2D eigenvalue weighted by molar-refractivity contribution is -0.137. The van der Waals surface area contributed by atoms with Gasteiger partial charge in [0, 0.05) is 5.69 Å². The third-order valence-corrected chi connectivity index (χ3v) is 2.12. The van der Waals surface area contributed by atoms with Crippen LogP contribution in [0.5, 0.6) is 0 Å². The smallest absolute Gasteiger partial charge is 0.336 e. The average molecular weight is 260 g/mol. The van der Waals surface area contributed by atoms with Gasteiger partial charge in [-0.1, -0.05) is 0 Å². The second-order valence-corrected chi connectivity index (χ2v) is 3.51. The van der Waals surface area contributed by atoms with Crippen molar-refractivity contribution in [3.8, 4) is 6.07 Å². The van der Waals surface area contributed by atoms with Crippen LogP contribution in [0.15, 0.2) is 36.2 Å². The highest BCUT2D eigenvalue weighted by Crippen LogP contribution is 2.12. The Morgan fingerprint density at radius 3 is 2.42 bits per heavy atom. The molecule has 0 bridgehead atoms. The van der Waals surface area contributed by atoms with Crippen molar-refractivity contribution < 1.29 is 14.3 Å². The molecule has 0 amide bonds. The lowest BCUT2D eigenvalue weighted by atomic mass is 10.2. The van der Waals surface area contributed by atoms with E-state index in [4.69, 9.17) is 14.7 Å². The topological polar surface area (TPSA) is 71.3 Å². The van der Waals surface area contributed by atoms with Crippen molar-refractivity contribution in [1.82, 2.24) is 0 Å². The SMILES string of the molecule is CCOC(=O)/C=C(\Nc1ccc(C#N)cc1)OCC. The fourth-order valence-corrected chi connectivity index (χ4v) is 1.33. The molecule has 0 aliphatic carbocycles. The third kappa shape index (κ3) is 5.13. The molecule has 0 aliphatic rings. The van der Waals surface area contributed by atoms with Gasteiger partial charge < -0.3 is 14.8 Å². The van der Waals surface area contributed by atoms with Crippen LogP contribution in [0.3, 0.4) is 0 Å². The van der Waals surface area contributed by atoms with Crippen LogP contribution in [0.2, 0.25) is 0 Å². The summed E-state index contributed by atoms with van der Waals surface area (Å²) in [6, 6.07) is 8.85. The predicted molar refractivity (Wildman–Crippen MR) is 71.1 cm³/mol. The number of nitrogens with zero attached hydrogens (tertiary/aromatic N) is 1. The molecule has 19 heavy (non-hydrogen) atoms. The van der Waals surface area contributed by atoms with Gasteiger partial charge in [0.05, 0.1) is 30.9 Å². The van der Waals surface area contributed by atoms with E-state index in [1.165, 1.54) is 6.08 Å². The molecule has 0 radical (unpaired) electrons. The predicted octanol–water partition coefficient (Wildman–Crippen LogP) is 2.41. The first kappa shape index (κ1) is 14.6. The molecule has 5 nitrogen and oxygen atoms in total. The average Bonchev–Trinajstić information content (AvgIpc) is 2.40. The highest BCUT2D eigenvalue weighted by molar-refractivity contribution is 5.83. The van der Waals surface area contributed by atoms with E-state index >= 15 is 0 Å². The van der Waals surface area contributed by atoms with Gasteiger partial charge >= 0.3 is 5.97 Å². The normalized spacial score (nSPS) is 10.5. The van der Waals surface area contributed by atoms with Crippen molar-refractivity contribution in [1.29, 1.82) is 5.26 Å². The van der Waals surface area contributed by atoms with Gasteiger partial charge in [0.25, 0.3) is 0 Å². The van der Waals surface area contributed by atoms with Gasteiger partial charge in [-0.05, 0) is 38.1 Å². The molecule has 0 aromatic heterocycles. The highest BCUT2D eigenvalue weighted by Gasteiger charge is 2.04. The Balaban J connectivity index is 2.77. The third-order valence-electron chi connectivity index (χ3n) is 2.12. The van der Waals surface area contributed by atoms with Gasteiger partial charge in [0.2, 0.25) is 0 Å². The minimum atomic E-state index is -0.466. The van der Waals surface area contributed by atoms with Gasteiger partial charge in [-0.2, -0.15) is 5.26 Å². The molecular formula is C14H16N2O3. The zero-order chi connectivity index (χ0) is 14.1. The fourth-order valence-electron chi connectivity index (χ4n) is 1.33. The van der Waals surface area contributed by atoms with Crippen LogP contribution in [0.1, 0.15) is 19.4 Å². The number of ether oxygens (including phenoxy) is 2. The van der Waals surface area contributed by atoms with Crippen molar-refractivity contribution in [2.45, 2.75) is 13.8 Å². The summed E-state index contributed by atoms with van der Waals surface area (Å²) < 4.78 is 10.1. The molecule has 0 aliphatic heterocycles. The van der Waals surface area contributed by atoms with Crippen LogP contribution in [-0.2, 0) is 14.3 Å². The molecule has 1 rings (SSSR count). The molecule has 0 saturated carbocycles. The minimum Gasteiger partial charge on any atom is -0.479 e. The van der Waals surface area contributed by atoms with E-state index in [1.54, 1.807) is 31.2 Å². The van der Waals surface area contributed by atoms with Gasteiger partial charge in [-0.25, -0.2) is 4.79 Å². The Hall–Kier alpha value is -2.48. The van der Waals surface area contributed by atoms with Gasteiger partial charge in [-0.15, -0.1) is 0 Å². The molecule has 0 spiro atoms. The summed E-state index contributed by atoms with van der Waals surface area (Å²) in [5.41, 5.74) is 1.29. The number of hydrogen-bond acceptors (Lipinski definition) is 5. The fraction of sp³-hybridized carbons (Fsp3) is 0.286. The van der Waals surface area contributed by atoms with Crippen LogP contribution in [0.25, 0.3) is 0 Å². The molecule has 0 saturated heterocycles. The quantitative estimate of drug-likeness (QED) is 0.483. The second kappa shape index (κ2) is 7.77. The molecule has 5 heteroatoms. The summed E-state index contributed by atoms with van der Waals surface area (Å²) in [4.78, 5) is 11.4. The number of benzene rings is 1. The van der Waals surface area contributed by atoms with E-state index in [0.29, 0.717) is 24.7 Å². The number of hydrogen-bond donors (Lipinski definition) is 1. The van der Waals surface area contributed by atoms with Crippen LogP contribution in [0.4, 0.5) is 5.69 Å². The molecule has 100 valence electrons. The number of carbonyl (C=O) groups is 1. The number of nitriles is 1. The number of esters is 1. The van der Waals surface area contributed by atoms with Crippen LogP contribution in [0, 0.1) is 11.3 Å². The summed E-state index contributed by atoms with van der Waals surface area (Å²) in [6.45, 7) is 4.29. The Bertz CT molecular complexity index is 486. The van der Waals surface area contributed by atoms with Gasteiger partial charge in [0.15, 0.2) is 5.88 Å². The summed E-state index contributed by atoms with van der Waals surface area (Å²) in [5, 5.41) is 11.7. The summed E-state index contributed by atoms with van der Waals surface area (Å²) in [5.74, 6) is -0.155. The molecule has 0 atom stereocenters. The minimum absolute atomic E-state index is 0.311. The Morgan fingerprint density at radius 1 is 1.26 bits per heavy atom. The molecule has 1 aromatic carbocycles. The van der Waals surface area contributed by atoms with E-state index in [1.807, 2.05) is 13.0 Å². The van der Waals surface area contributed by atoms with Crippen LogP contribution < -0.4 is 5.32 Å². The van der Waals surface area contributed by atoms with E-state index in [9.17, 15) is 4.79 Å². The number of nitrogens with one attached hydrogen (secondary N) is 1. The molecule has 1 aromatic rings. The Labute approximate surface area is 112 Å². The maximum Gasteiger partial charge on any atom is 0.336 e. The molecule has 0 heterocycles. The van der Waals surface area contributed by atoms with Crippen LogP contribution >= 0.6 is 0 Å². The highest BCUT2D eigenvalue weighted by atomic mass is 16.5. The van der Waals surface area contributed by atoms with Crippen molar-refractivity contribution in [3.63, 3.8) is 0 Å². The number of rotatable bonds is 6. The first-order valence-electron chi connectivity index (χ1n) is 5.98. The monoisotopic (exact) mass is 260 g/mol. The second-order valence-electron chi connectivity index (χ2n) is 3.51. The van der Waals surface area contributed by atoms with Gasteiger partial charge in [-0.3, -0.25) is 0 Å². The van der Waals surface area contributed by atoms with Crippen molar-refractivity contribution >= 4 is 11.7 Å². The zero-order valence-corrected chi connectivity index (χ0v) is 11.0. The summed E-state index contributed by atoms with van der Waals surface area (Å²) >= 11 is 0. The number of anilines is 1. The van der Waals surface area contributed by atoms with Crippen LogP contribution in [-0.4, -0.2) is 19.2 Å². The maximum atomic E-state index is 11.4. The van der Waals surface area contributed by atoms with Crippen molar-refractivity contribution in [3.05, 3.63) is 41.8 Å². The summed E-state index contributed by atoms with van der Waals surface area (Å²) in [7, 11) is 0. The van der Waals surface area contributed by atoms with E-state index in [2.05, 4.69) is 5.32 Å². The largest absolute Gasteiger partial charge is 0.479 e. The molecular weight excluding hydrogens is 244 g/mol. The van der Waals surface area contributed by atoms with Crippen molar-refractivity contribution in [2.24, 2.45) is 0 Å². The lowest BCUT2D eigenvalue weighted by Crippen LogP contribution is -2.09. The number of carbonyl (C=O) groups excluding carboxylic acids is 1. The van der Waals surface area contributed by atoms with E-state index < -0.39 is 5.97 Å². The Kier molecular flexibility index (Phi) is 5.96. The molecule has 1 N–H and O–H groups in total. The lowest BCUT2D eigenvalue weighted by Gasteiger charge is -2.11. The Morgan fingerprint density at radius 2 is 1.89 bits per heavy atom.